The normalized spacial score (nSPS) is 13.6. The zero-order chi connectivity index (χ0) is 13.4. The lowest BCUT2D eigenvalue weighted by molar-refractivity contribution is -0.154. The van der Waals surface area contributed by atoms with Crippen LogP contribution >= 0.6 is 0 Å². The Labute approximate surface area is 99.7 Å². The number of esters is 1. The van der Waals surface area contributed by atoms with Crippen LogP contribution in [0.4, 0.5) is 0 Å². The fraction of sp³-hybridized carbons (Fsp3) is 0.800. The summed E-state index contributed by atoms with van der Waals surface area (Å²) in [5, 5.41) is 12.2. The first-order chi connectivity index (χ1) is 7.99. The molecule has 0 aromatic rings. The van der Waals surface area contributed by atoms with E-state index in [1.807, 2.05) is 6.92 Å². The van der Waals surface area contributed by atoms with E-state index in [9.17, 15) is 14.5 Å². The molecule has 7 nitrogen and oxygen atoms in total. The van der Waals surface area contributed by atoms with Gasteiger partial charge in [-0.2, -0.15) is 0 Å². The average molecular weight is 246 g/mol. The number of nitrogens with zero attached hydrogens (tertiary/aromatic N) is 2. The number of ether oxygens (including phenoxy) is 1. The SMILES string of the molecule is CCC[C@@H](C(=O)OCC)N(N=O)[C@@H](C)C(=O)O. The zero-order valence-corrected chi connectivity index (χ0v) is 10.3. The molecule has 0 fully saturated rings. The predicted octanol–water partition coefficient (Wildman–Crippen LogP) is 1.17. The highest BCUT2D eigenvalue weighted by molar-refractivity contribution is 5.78. The summed E-state index contributed by atoms with van der Waals surface area (Å²) in [6, 6.07) is -2.10. The van der Waals surface area contributed by atoms with Crippen molar-refractivity contribution in [2.75, 3.05) is 6.61 Å². The Bertz CT molecular complexity index is 282. The Kier molecular flexibility index (Phi) is 6.85. The van der Waals surface area contributed by atoms with Crippen LogP contribution in [0.2, 0.25) is 0 Å². The summed E-state index contributed by atoms with van der Waals surface area (Å²) in [7, 11) is 0. The minimum absolute atomic E-state index is 0.174. The van der Waals surface area contributed by atoms with Gasteiger partial charge in [-0.15, -0.1) is 4.91 Å². The first-order valence-corrected chi connectivity index (χ1v) is 5.50. The summed E-state index contributed by atoms with van der Waals surface area (Å²) in [5.74, 6) is -1.84. The lowest BCUT2D eigenvalue weighted by Gasteiger charge is -2.27. The number of rotatable bonds is 8. The Morgan fingerprint density at radius 1 is 1.41 bits per heavy atom. The lowest BCUT2D eigenvalue weighted by atomic mass is 10.1. The fourth-order valence-electron chi connectivity index (χ4n) is 1.38. The molecule has 7 heteroatoms. The molecule has 0 bridgehead atoms. The number of carbonyl (C=O) groups excluding carboxylic acids is 1. The molecule has 0 rings (SSSR count). The molecule has 0 amide bonds. The van der Waals surface area contributed by atoms with Crippen molar-refractivity contribution in [2.24, 2.45) is 5.29 Å². The van der Waals surface area contributed by atoms with E-state index in [1.165, 1.54) is 6.92 Å². The van der Waals surface area contributed by atoms with Gasteiger partial charge in [0.2, 0.25) is 0 Å². The minimum Gasteiger partial charge on any atom is -0.480 e. The summed E-state index contributed by atoms with van der Waals surface area (Å²) < 4.78 is 4.80. The van der Waals surface area contributed by atoms with Gasteiger partial charge in [-0.05, 0) is 20.3 Å². The van der Waals surface area contributed by atoms with Gasteiger partial charge in [0.25, 0.3) is 0 Å². The third-order valence-electron chi connectivity index (χ3n) is 2.29. The van der Waals surface area contributed by atoms with E-state index < -0.39 is 24.0 Å². The van der Waals surface area contributed by atoms with Crippen molar-refractivity contribution in [1.82, 2.24) is 5.01 Å². The largest absolute Gasteiger partial charge is 0.480 e. The first-order valence-electron chi connectivity index (χ1n) is 5.50. The second kappa shape index (κ2) is 7.59. The van der Waals surface area contributed by atoms with E-state index in [1.54, 1.807) is 6.92 Å². The molecule has 0 heterocycles. The second-order valence-electron chi connectivity index (χ2n) is 3.53. The maximum absolute atomic E-state index is 11.6. The van der Waals surface area contributed by atoms with E-state index >= 15 is 0 Å². The van der Waals surface area contributed by atoms with Gasteiger partial charge in [0.05, 0.1) is 11.9 Å². The third-order valence-corrected chi connectivity index (χ3v) is 2.29. The van der Waals surface area contributed by atoms with E-state index in [0.29, 0.717) is 12.8 Å². The van der Waals surface area contributed by atoms with Crippen LogP contribution in [0.15, 0.2) is 5.29 Å². The molecule has 1 N–H and O–H groups in total. The number of nitroso groups, excluding NO2 is 1. The standard InChI is InChI=1S/C10H18N2O5/c1-4-6-8(10(15)17-5-2)12(11-16)7(3)9(13)14/h7-8H,4-6H2,1-3H3,(H,13,14)/t7-,8-/m0/s1. The third kappa shape index (κ3) is 4.38. The molecule has 17 heavy (non-hydrogen) atoms. The Morgan fingerprint density at radius 3 is 2.35 bits per heavy atom. The van der Waals surface area contributed by atoms with Gasteiger partial charge in [-0.1, -0.05) is 13.3 Å². The monoisotopic (exact) mass is 246 g/mol. The van der Waals surface area contributed by atoms with Gasteiger partial charge in [0.15, 0.2) is 0 Å². The smallest absolute Gasteiger partial charge is 0.330 e. The molecule has 0 unspecified atom stereocenters. The summed E-state index contributed by atoms with van der Waals surface area (Å²) in [6.45, 7) is 4.93. The fourth-order valence-corrected chi connectivity index (χ4v) is 1.38. The predicted molar refractivity (Wildman–Crippen MR) is 60.1 cm³/mol. The van der Waals surface area contributed by atoms with Crippen molar-refractivity contribution < 1.29 is 19.4 Å². The summed E-state index contributed by atoms with van der Waals surface area (Å²) in [6.07, 6.45) is 0.935. The van der Waals surface area contributed by atoms with Gasteiger partial charge in [-0.3, -0.25) is 0 Å². The molecule has 98 valence electrons. The number of aliphatic carboxylic acids is 1. The highest BCUT2D eigenvalue weighted by Gasteiger charge is 2.33. The molecule has 0 saturated heterocycles. The van der Waals surface area contributed by atoms with Gasteiger partial charge in [0, 0.05) is 0 Å². The topological polar surface area (TPSA) is 96.3 Å². The molecule has 0 aliphatic rings. The number of hydrogen-bond acceptors (Lipinski definition) is 5. The van der Waals surface area contributed by atoms with Crippen molar-refractivity contribution >= 4 is 11.9 Å². The van der Waals surface area contributed by atoms with Crippen LogP contribution in [0.25, 0.3) is 0 Å². The van der Waals surface area contributed by atoms with Gasteiger partial charge in [0.1, 0.15) is 12.1 Å². The van der Waals surface area contributed by atoms with Gasteiger partial charge in [-0.25, -0.2) is 14.6 Å². The number of hydrogen-bond donors (Lipinski definition) is 1. The van der Waals surface area contributed by atoms with E-state index in [4.69, 9.17) is 9.84 Å². The Hall–Kier alpha value is -1.66. The minimum atomic E-state index is -1.21. The van der Waals surface area contributed by atoms with Crippen LogP contribution in [-0.2, 0) is 14.3 Å². The van der Waals surface area contributed by atoms with Gasteiger partial charge < -0.3 is 9.84 Å². The van der Waals surface area contributed by atoms with E-state index in [-0.39, 0.29) is 6.61 Å². The number of carboxylic acids is 1. The second-order valence-corrected chi connectivity index (χ2v) is 3.53. The van der Waals surface area contributed by atoms with Crippen LogP contribution in [0.1, 0.15) is 33.6 Å². The molecule has 0 spiro atoms. The van der Waals surface area contributed by atoms with Crippen LogP contribution in [0, 0.1) is 4.91 Å². The molecule has 2 atom stereocenters. The molecule has 0 aromatic carbocycles. The van der Waals surface area contributed by atoms with E-state index in [0.717, 1.165) is 5.01 Å². The van der Waals surface area contributed by atoms with Crippen molar-refractivity contribution in [1.29, 1.82) is 0 Å². The Morgan fingerprint density at radius 2 is 2.00 bits per heavy atom. The molecule has 0 saturated carbocycles. The molecule has 0 aliphatic heterocycles. The summed E-state index contributed by atoms with van der Waals surface area (Å²) in [5.41, 5.74) is 0. The maximum Gasteiger partial charge on any atom is 0.330 e. The summed E-state index contributed by atoms with van der Waals surface area (Å²) in [4.78, 5) is 33.1. The molecular formula is C10H18N2O5. The maximum atomic E-state index is 11.6. The van der Waals surface area contributed by atoms with Crippen molar-refractivity contribution in [3.63, 3.8) is 0 Å². The lowest BCUT2D eigenvalue weighted by Crippen LogP contribution is -2.46. The molecule has 0 aromatic heterocycles. The zero-order valence-electron chi connectivity index (χ0n) is 10.3. The van der Waals surface area contributed by atoms with E-state index in [2.05, 4.69) is 5.29 Å². The van der Waals surface area contributed by atoms with Crippen molar-refractivity contribution in [2.45, 2.75) is 45.7 Å². The van der Waals surface area contributed by atoms with Crippen LogP contribution < -0.4 is 0 Å². The van der Waals surface area contributed by atoms with Crippen LogP contribution in [-0.4, -0.2) is 40.7 Å². The van der Waals surface area contributed by atoms with Crippen LogP contribution in [0.5, 0.6) is 0 Å². The molecule has 0 radical (unpaired) electrons. The number of carbonyl (C=O) groups is 2. The molecular weight excluding hydrogens is 228 g/mol. The van der Waals surface area contributed by atoms with Crippen LogP contribution in [0.3, 0.4) is 0 Å². The first kappa shape index (κ1) is 15.3. The average Bonchev–Trinajstić information content (AvgIpc) is 2.28. The highest BCUT2D eigenvalue weighted by Crippen LogP contribution is 2.14. The number of carboxylic acid groups (broad SMARTS) is 1. The Balaban J connectivity index is 4.91. The summed E-state index contributed by atoms with van der Waals surface area (Å²) >= 11 is 0. The quantitative estimate of drug-likeness (QED) is 0.392. The van der Waals surface area contributed by atoms with Crippen molar-refractivity contribution in [3.8, 4) is 0 Å². The highest BCUT2D eigenvalue weighted by atomic mass is 16.5. The molecule has 0 aliphatic carbocycles. The van der Waals surface area contributed by atoms with Gasteiger partial charge >= 0.3 is 11.9 Å². The van der Waals surface area contributed by atoms with Crippen molar-refractivity contribution in [3.05, 3.63) is 4.91 Å².